The zero-order chi connectivity index (χ0) is 23.9. The number of hydrogen-bond donors (Lipinski definition) is 1. The van der Waals surface area contributed by atoms with E-state index in [9.17, 15) is 4.79 Å². The highest BCUT2D eigenvalue weighted by atomic mass is 35.5. The van der Waals surface area contributed by atoms with Crippen LogP contribution in [0.1, 0.15) is 6.42 Å². The minimum atomic E-state index is -0.126. The number of nitrogens with zero attached hydrogens (tertiary/aromatic N) is 4. The van der Waals surface area contributed by atoms with Crippen LogP contribution in [0, 0.1) is 0 Å². The van der Waals surface area contributed by atoms with Crippen molar-refractivity contribution in [1.29, 1.82) is 0 Å². The van der Waals surface area contributed by atoms with Crippen molar-refractivity contribution in [2.75, 3.05) is 11.1 Å². The van der Waals surface area contributed by atoms with Crippen molar-refractivity contribution in [3.8, 4) is 33.8 Å². The number of amides is 1. The first-order chi connectivity index (χ1) is 17.1. The zero-order valence-electron chi connectivity index (χ0n) is 18.0. The van der Waals surface area contributed by atoms with Crippen molar-refractivity contribution in [3.63, 3.8) is 0 Å². The Hall–Kier alpha value is -3.04. The van der Waals surface area contributed by atoms with Crippen molar-refractivity contribution in [1.82, 2.24) is 20.2 Å². The van der Waals surface area contributed by atoms with Gasteiger partial charge in [0.1, 0.15) is 11.4 Å². The molecule has 1 N–H and O–H groups in total. The van der Waals surface area contributed by atoms with Crippen LogP contribution in [0.2, 0.25) is 10.0 Å². The second kappa shape index (κ2) is 9.20. The Morgan fingerprint density at radius 3 is 2.54 bits per heavy atom. The Bertz CT molecular complexity index is 1620. The third kappa shape index (κ3) is 4.27. The molecule has 2 heterocycles. The Balaban J connectivity index is 1.09. The number of anilines is 1. The third-order valence-corrected chi connectivity index (χ3v) is 7.94. The number of carbonyl (C=O) groups is 1. The Morgan fingerprint density at radius 2 is 1.74 bits per heavy atom. The lowest BCUT2D eigenvalue weighted by atomic mass is 10.0. The van der Waals surface area contributed by atoms with Crippen LogP contribution in [-0.4, -0.2) is 31.8 Å². The molecule has 5 aromatic rings. The standard InChI is InChI=1S/C25H15Cl2N5OS2/c26-17-8-7-14(11-18(17)27)19-12-35-24(28-19)29-20(33)9-10-34-25-30-22-15-5-1-3-13-4-2-6-16(21(13)15)23(22)31-32-25/h1-8,11-12H,9-10H2,(H,28,29,33). The molecular weight excluding hydrogens is 521 g/mol. The molecule has 6 nitrogen and oxygen atoms in total. The number of aromatic nitrogens is 4. The third-order valence-electron chi connectivity index (χ3n) is 5.61. The van der Waals surface area contributed by atoms with Gasteiger partial charge in [0.2, 0.25) is 11.1 Å². The molecule has 0 saturated carbocycles. The van der Waals surface area contributed by atoms with Gasteiger partial charge in [-0.25, -0.2) is 9.97 Å². The van der Waals surface area contributed by atoms with Gasteiger partial charge in [-0.1, -0.05) is 77.4 Å². The van der Waals surface area contributed by atoms with Gasteiger partial charge < -0.3 is 5.32 Å². The fourth-order valence-electron chi connectivity index (χ4n) is 4.01. The fraction of sp³-hybridized carbons (Fsp3) is 0.0800. The quantitative estimate of drug-likeness (QED) is 0.226. The van der Waals surface area contributed by atoms with Crippen LogP contribution in [0.4, 0.5) is 5.13 Å². The summed E-state index contributed by atoms with van der Waals surface area (Å²) in [6, 6.07) is 17.7. The van der Waals surface area contributed by atoms with Gasteiger partial charge in [0, 0.05) is 39.6 Å². The molecule has 0 bridgehead atoms. The molecule has 2 aromatic heterocycles. The Kier molecular flexibility index (Phi) is 5.89. The SMILES string of the molecule is O=C(CCSc1nnc2c(n1)-c1cccc3cccc-2c13)Nc1nc(-c2ccc(Cl)c(Cl)c2)cs1. The molecule has 10 heteroatoms. The summed E-state index contributed by atoms with van der Waals surface area (Å²) in [7, 11) is 0. The molecule has 6 rings (SSSR count). The van der Waals surface area contributed by atoms with E-state index in [0.717, 1.165) is 44.5 Å². The first kappa shape index (κ1) is 22.4. The molecule has 0 spiro atoms. The van der Waals surface area contributed by atoms with Crippen molar-refractivity contribution < 1.29 is 4.79 Å². The van der Waals surface area contributed by atoms with Crippen molar-refractivity contribution >= 4 is 68.1 Å². The van der Waals surface area contributed by atoms with E-state index in [1.165, 1.54) is 23.1 Å². The molecule has 0 radical (unpaired) electrons. The van der Waals surface area contributed by atoms with E-state index < -0.39 is 0 Å². The molecule has 3 aromatic carbocycles. The van der Waals surface area contributed by atoms with E-state index in [4.69, 9.17) is 28.2 Å². The van der Waals surface area contributed by atoms with Gasteiger partial charge >= 0.3 is 0 Å². The van der Waals surface area contributed by atoms with Gasteiger partial charge in [-0.15, -0.1) is 21.5 Å². The highest BCUT2D eigenvalue weighted by Crippen LogP contribution is 2.44. The van der Waals surface area contributed by atoms with E-state index >= 15 is 0 Å². The molecule has 0 atom stereocenters. The summed E-state index contributed by atoms with van der Waals surface area (Å²) in [5.41, 5.74) is 5.35. The van der Waals surface area contributed by atoms with Crippen LogP contribution >= 0.6 is 46.3 Å². The van der Waals surface area contributed by atoms with Gasteiger partial charge in [0.15, 0.2) is 5.13 Å². The monoisotopic (exact) mass is 535 g/mol. The van der Waals surface area contributed by atoms with Crippen LogP contribution in [0.15, 0.2) is 65.1 Å². The van der Waals surface area contributed by atoms with E-state index in [0.29, 0.717) is 32.5 Å². The number of thiazole rings is 1. The van der Waals surface area contributed by atoms with Crippen LogP contribution in [0.5, 0.6) is 0 Å². The Morgan fingerprint density at radius 1 is 0.943 bits per heavy atom. The lowest BCUT2D eigenvalue weighted by Crippen LogP contribution is -2.12. The van der Waals surface area contributed by atoms with E-state index in [1.807, 2.05) is 23.6 Å². The van der Waals surface area contributed by atoms with Crippen molar-refractivity contribution in [2.24, 2.45) is 0 Å². The van der Waals surface area contributed by atoms with E-state index in [1.54, 1.807) is 12.1 Å². The number of hydrogen-bond acceptors (Lipinski definition) is 7. The summed E-state index contributed by atoms with van der Waals surface area (Å²) in [5, 5.41) is 17.8. The predicted molar refractivity (Wildman–Crippen MR) is 143 cm³/mol. The lowest BCUT2D eigenvalue weighted by Gasteiger charge is -2.04. The van der Waals surface area contributed by atoms with Gasteiger partial charge in [0.25, 0.3) is 0 Å². The minimum absolute atomic E-state index is 0.126. The number of benzene rings is 3. The maximum absolute atomic E-state index is 12.5. The maximum atomic E-state index is 12.5. The molecule has 172 valence electrons. The zero-order valence-corrected chi connectivity index (χ0v) is 21.1. The summed E-state index contributed by atoms with van der Waals surface area (Å²) < 4.78 is 0. The second-order valence-electron chi connectivity index (χ2n) is 7.81. The van der Waals surface area contributed by atoms with E-state index in [2.05, 4.69) is 44.8 Å². The summed E-state index contributed by atoms with van der Waals surface area (Å²) in [6.07, 6.45) is 0.294. The smallest absolute Gasteiger partial charge is 0.226 e. The number of thioether (sulfide) groups is 1. The van der Waals surface area contributed by atoms with Crippen LogP contribution in [0.25, 0.3) is 44.5 Å². The molecule has 0 fully saturated rings. The average Bonchev–Trinajstić information content (AvgIpc) is 3.45. The number of fused-ring (bicyclic) bond motifs is 3. The highest BCUT2D eigenvalue weighted by molar-refractivity contribution is 7.99. The minimum Gasteiger partial charge on any atom is -0.302 e. The molecule has 1 amide bonds. The van der Waals surface area contributed by atoms with Gasteiger partial charge in [-0.05, 0) is 17.5 Å². The number of carbonyl (C=O) groups excluding carboxylic acids is 1. The topological polar surface area (TPSA) is 80.7 Å². The van der Waals surface area contributed by atoms with E-state index in [-0.39, 0.29) is 5.91 Å². The fourth-order valence-corrected chi connectivity index (χ4v) is 5.77. The molecular formula is C25H15Cl2N5OS2. The maximum Gasteiger partial charge on any atom is 0.226 e. The average molecular weight is 536 g/mol. The number of halogens is 2. The molecule has 0 unspecified atom stereocenters. The summed E-state index contributed by atoms with van der Waals surface area (Å²) in [4.78, 5) is 21.7. The number of nitrogens with one attached hydrogen (secondary N) is 1. The number of rotatable bonds is 6. The normalized spacial score (nSPS) is 11.6. The van der Waals surface area contributed by atoms with Crippen molar-refractivity contribution in [2.45, 2.75) is 11.6 Å². The molecule has 0 aliphatic heterocycles. The van der Waals surface area contributed by atoms with Gasteiger partial charge in [-0.3, -0.25) is 4.79 Å². The predicted octanol–water partition coefficient (Wildman–Crippen LogP) is 7.22. The summed E-state index contributed by atoms with van der Waals surface area (Å²) in [6.45, 7) is 0. The van der Waals surface area contributed by atoms with Gasteiger partial charge in [0.05, 0.1) is 15.7 Å². The Labute approximate surface area is 218 Å². The summed E-state index contributed by atoms with van der Waals surface area (Å²) >= 11 is 14.8. The molecule has 35 heavy (non-hydrogen) atoms. The molecule has 1 aliphatic carbocycles. The summed E-state index contributed by atoms with van der Waals surface area (Å²) in [5.74, 6) is 0.396. The van der Waals surface area contributed by atoms with Crippen molar-refractivity contribution in [3.05, 3.63) is 70.0 Å². The second-order valence-corrected chi connectivity index (χ2v) is 10.5. The first-order valence-electron chi connectivity index (χ1n) is 10.7. The van der Waals surface area contributed by atoms with Crippen LogP contribution < -0.4 is 5.32 Å². The van der Waals surface area contributed by atoms with Gasteiger partial charge in [-0.2, -0.15) is 0 Å². The highest BCUT2D eigenvalue weighted by Gasteiger charge is 2.24. The largest absolute Gasteiger partial charge is 0.302 e. The van der Waals surface area contributed by atoms with Crippen LogP contribution in [-0.2, 0) is 4.79 Å². The lowest BCUT2D eigenvalue weighted by molar-refractivity contribution is -0.115. The van der Waals surface area contributed by atoms with Crippen LogP contribution in [0.3, 0.4) is 0 Å². The first-order valence-corrected chi connectivity index (χ1v) is 13.3. The molecule has 1 aliphatic rings. The molecule has 0 saturated heterocycles.